The summed E-state index contributed by atoms with van der Waals surface area (Å²) in [6.45, 7) is 2.10. The summed E-state index contributed by atoms with van der Waals surface area (Å²) in [5, 5.41) is 3.34. The number of carbonyl (C=O) groups excluding carboxylic acids is 1. The maximum absolute atomic E-state index is 12.6. The van der Waals surface area contributed by atoms with Gasteiger partial charge in [0.25, 0.3) is 0 Å². The van der Waals surface area contributed by atoms with Crippen molar-refractivity contribution in [1.82, 2.24) is 5.32 Å². The third-order valence-corrected chi connectivity index (χ3v) is 5.86. The van der Waals surface area contributed by atoms with E-state index in [-0.39, 0.29) is 11.8 Å². The molecule has 1 amide bonds. The van der Waals surface area contributed by atoms with E-state index in [1.165, 1.54) is 19.3 Å². The zero-order chi connectivity index (χ0) is 17.1. The van der Waals surface area contributed by atoms with E-state index in [0.29, 0.717) is 30.3 Å². The maximum Gasteiger partial charge on any atom is 0.220 e. The van der Waals surface area contributed by atoms with Gasteiger partial charge in [0.1, 0.15) is 5.75 Å². The molecule has 2 saturated carbocycles. The molecule has 1 aromatic rings. The molecule has 2 bridgehead atoms. The molecule has 2 aliphatic rings. The number of amides is 1. The first-order chi connectivity index (χ1) is 11.6. The second kappa shape index (κ2) is 7.56. The van der Waals surface area contributed by atoms with Crippen molar-refractivity contribution in [2.24, 2.45) is 17.6 Å². The minimum absolute atomic E-state index is 0.169. The molecule has 3 atom stereocenters. The molecular weight excluding hydrogens is 300 g/mol. The fourth-order valence-electron chi connectivity index (χ4n) is 4.61. The Labute approximate surface area is 145 Å². The van der Waals surface area contributed by atoms with Gasteiger partial charge < -0.3 is 15.8 Å². The van der Waals surface area contributed by atoms with Gasteiger partial charge in [-0.2, -0.15) is 0 Å². The summed E-state index contributed by atoms with van der Waals surface area (Å²) >= 11 is 0. The lowest BCUT2D eigenvalue weighted by atomic mass is 9.67. The molecule has 4 nitrogen and oxygen atoms in total. The molecule has 0 aromatic heterocycles. The Bertz CT molecular complexity index is 561. The summed E-state index contributed by atoms with van der Waals surface area (Å²) in [4.78, 5) is 12.6. The maximum atomic E-state index is 12.6. The minimum Gasteiger partial charge on any atom is -0.497 e. The third kappa shape index (κ3) is 3.92. The molecule has 0 radical (unpaired) electrons. The van der Waals surface area contributed by atoms with Gasteiger partial charge in [-0.3, -0.25) is 4.79 Å². The average Bonchev–Trinajstić information content (AvgIpc) is 2.55. The number of hydrogen-bond acceptors (Lipinski definition) is 3. The van der Waals surface area contributed by atoms with Crippen LogP contribution in [0.1, 0.15) is 56.9 Å². The molecule has 132 valence electrons. The molecule has 2 aliphatic carbocycles. The Kier molecular flexibility index (Phi) is 5.44. The van der Waals surface area contributed by atoms with Gasteiger partial charge in [-0.15, -0.1) is 0 Å². The highest BCUT2D eigenvalue weighted by Gasteiger charge is 2.39. The standard InChI is InChI=1S/C20H30N2O2/c1-13(14-5-4-8-18(12-14)24-2)9-19(23)22-20-15-6-3-7-16(20)11-17(21)10-15/h4-5,8,12-13,15-17,20H,3,6-7,9-11,21H2,1-2H3,(H,22,23). The van der Waals surface area contributed by atoms with Crippen molar-refractivity contribution < 1.29 is 9.53 Å². The van der Waals surface area contributed by atoms with Gasteiger partial charge in [0.15, 0.2) is 0 Å². The lowest BCUT2D eigenvalue weighted by Crippen LogP contribution is -2.53. The predicted octanol–water partition coefficient (Wildman–Crippen LogP) is 3.21. The number of methoxy groups -OCH3 is 1. The van der Waals surface area contributed by atoms with Crippen molar-refractivity contribution in [3.63, 3.8) is 0 Å². The van der Waals surface area contributed by atoms with Crippen LogP contribution in [-0.4, -0.2) is 25.1 Å². The fourth-order valence-corrected chi connectivity index (χ4v) is 4.61. The number of ether oxygens (including phenoxy) is 1. The molecule has 1 aromatic carbocycles. The van der Waals surface area contributed by atoms with Gasteiger partial charge in [-0.05, 0) is 61.1 Å². The van der Waals surface area contributed by atoms with Gasteiger partial charge >= 0.3 is 0 Å². The molecule has 0 aliphatic heterocycles. The quantitative estimate of drug-likeness (QED) is 0.871. The van der Waals surface area contributed by atoms with Crippen molar-refractivity contribution in [2.45, 2.75) is 63.5 Å². The number of carbonyl (C=O) groups is 1. The van der Waals surface area contributed by atoms with Gasteiger partial charge in [0.05, 0.1) is 7.11 Å². The Hall–Kier alpha value is -1.55. The second-order valence-electron chi connectivity index (χ2n) is 7.66. The van der Waals surface area contributed by atoms with E-state index in [1.807, 2.05) is 18.2 Å². The number of benzene rings is 1. The first-order valence-electron chi connectivity index (χ1n) is 9.25. The molecule has 2 fully saturated rings. The van der Waals surface area contributed by atoms with E-state index in [9.17, 15) is 4.79 Å². The van der Waals surface area contributed by atoms with Crippen molar-refractivity contribution in [2.75, 3.05) is 7.11 Å². The third-order valence-electron chi connectivity index (χ3n) is 5.86. The van der Waals surface area contributed by atoms with E-state index in [1.54, 1.807) is 7.11 Å². The highest BCUT2D eigenvalue weighted by atomic mass is 16.5. The summed E-state index contributed by atoms with van der Waals surface area (Å²) in [6, 6.07) is 8.66. The highest BCUT2D eigenvalue weighted by Crippen LogP contribution is 2.39. The Morgan fingerprint density at radius 1 is 1.33 bits per heavy atom. The Balaban J connectivity index is 1.59. The van der Waals surface area contributed by atoms with Crippen LogP contribution in [0.25, 0.3) is 0 Å². The molecule has 0 heterocycles. The molecule has 3 rings (SSSR count). The number of nitrogens with two attached hydrogens (primary N) is 1. The van der Waals surface area contributed by atoms with Crippen LogP contribution >= 0.6 is 0 Å². The lowest BCUT2D eigenvalue weighted by molar-refractivity contribution is -0.123. The van der Waals surface area contributed by atoms with Crippen LogP contribution in [0.3, 0.4) is 0 Å². The van der Waals surface area contributed by atoms with Crippen LogP contribution in [-0.2, 0) is 4.79 Å². The van der Waals surface area contributed by atoms with E-state index in [4.69, 9.17) is 10.5 Å². The summed E-state index contributed by atoms with van der Waals surface area (Å²) < 4.78 is 5.28. The normalized spacial score (nSPS) is 30.5. The number of fused-ring (bicyclic) bond motifs is 2. The Morgan fingerprint density at radius 3 is 2.71 bits per heavy atom. The summed E-state index contributed by atoms with van der Waals surface area (Å²) in [6.07, 6.45) is 6.35. The monoisotopic (exact) mass is 330 g/mol. The summed E-state index contributed by atoms with van der Waals surface area (Å²) in [7, 11) is 1.67. The van der Waals surface area contributed by atoms with E-state index in [2.05, 4.69) is 18.3 Å². The fraction of sp³-hybridized carbons (Fsp3) is 0.650. The van der Waals surface area contributed by atoms with Crippen LogP contribution in [0.4, 0.5) is 0 Å². The lowest BCUT2D eigenvalue weighted by Gasteiger charge is -2.45. The predicted molar refractivity (Wildman–Crippen MR) is 96.0 cm³/mol. The first-order valence-corrected chi connectivity index (χ1v) is 9.25. The van der Waals surface area contributed by atoms with Crippen LogP contribution in [0.5, 0.6) is 5.75 Å². The van der Waals surface area contributed by atoms with Crippen molar-refractivity contribution in [3.05, 3.63) is 29.8 Å². The number of nitrogens with one attached hydrogen (secondary N) is 1. The van der Waals surface area contributed by atoms with Crippen LogP contribution in [0.2, 0.25) is 0 Å². The summed E-state index contributed by atoms with van der Waals surface area (Å²) in [5.74, 6) is 2.34. The van der Waals surface area contributed by atoms with E-state index in [0.717, 1.165) is 24.2 Å². The van der Waals surface area contributed by atoms with Crippen molar-refractivity contribution in [1.29, 1.82) is 0 Å². The smallest absolute Gasteiger partial charge is 0.220 e. The minimum atomic E-state index is 0.169. The highest BCUT2D eigenvalue weighted by molar-refractivity contribution is 5.77. The Morgan fingerprint density at radius 2 is 2.04 bits per heavy atom. The summed E-state index contributed by atoms with van der Waals surface area (Å²) in [5.41, 5.74) is 7.33. The van der Waals surface area contributed by atoms with Crippen LogP contribution < -0.4 is 15.8 Å². The van der Waals surface area contributed by atoms with Gasteiger partial charge in [0.2, 0.25) is 5.91 Å². The van der Waals surface area contributed by atoms with E-state index >= 15 is 0 Å². The second-order valence-corrected chi connectivity index (χ2v) is 7.66. The topological polar surface area (TPSA) is 64.3 Å². The van der Waals surface area contributed by atoms with Crippen molar-refractivity contribution >= 4 is 5.91 Å². The number of hydrogen-bond donors (Lipinski definition) is 2. The molecule has 24 heavy (non-hydrogen) atoms. The molecular formula is C20H30N2O2. The number of rotatable bonds is 5. The van der Waals surface area contributed by atoms with Crippen LogP contribution in [0, 0.1) is 11.8 Å². The zero-order valence-electron chi connectivity index (χ0n) is 14.8. The van der Waals surface area contributed by atoms with E-state index < -0.39 is 0 Å². The largest absolute Gasteiger partial charge is 0.497 e. The average molecular weight is 330 g/mol. The van der Waals surface area contributed by atoms with Gasteiger partial charge in [0, 0.05) is 18.5 Å². The molecule has 3 N–H and O–H groups in total. The molecule has 0 spiro atoms. The zero-order valence-corrected chi connectivity index (χ0v) is 14.8. The molecule has 4 heteroatoms. The first kappa shape index (κ1) is 17.3. The van der Waals surface area contributed by atoms with Gasteiger partial charge in [-0.25, -0.2) is 0 Å². The van der Waals surface area contributed by atoms with Gasteiger partial charge in [-0.1, -0.05) is 25.5 Å². The molecule has 3 unspecified atom stereocenters. The van der Waals surface area contributed by atoms with Crippen LogP contribution in [0.15, 0.2) is 24.3 Å². The SMILES string of the molecule is COc1cccc(C(C)CC(=O)NC2C3CCCC2CC(N)C3)c1. The van der Waals surface area contributed by atoms with Crippen molar-refractivity contribution in [3.8, 4) is 5.75 Å². The molecule has 0 saturated heterocycles.